The van der Waals surface area contributed by atoms with Crippen LogP contribution in [0.1, 0.15) is 48.5 Å². The van der Waals surface area contributed by atoms with Crippen LogP contribution in [-0.2, 0) is 0 Å². The Hall–Kier alpha value is -0.830. The van der Waals surface area contributed by atoms with E-state index in [9.17, 15) is 4.79 Å². The van der Waals surface area contributed by atoms with E-state index in [1.807, 2.05) is 25.1 Å². The number of halogens is 1. The number of amides is 1. The van der Waals surface area contributed by atoms with Crippen LogP contribution in [0.5, 0.6) is 0 Å². The molecule has 0 radical (unpaired) electrons. The number of carbonyl (C=O) groups excluding carboxylic acids is 1. The summed E-state index contributed by atoms with van der Waals surface area (Å²) in [7, 11) is 0. The topological polar surface area (TPSA) is 29.1 Å². The SMILES string of the molecule is CCCCCCNC(=O)c1ccc(C)cc1Br. The summed E-state index contributed by atoms with van der Waals surface area (Å²) in [4.78, 5) is 11.9. The summed E-state index contributed by atoms with van der Waals surface area (Å²) < 4.78 is 0.864. The highest BCUT2D eigenvalue weighted by Crippen LogP contribution is 2.18. The lowest BCUT2D eigenvalue weighted by atomic mass is 10.1. The van der Waals surface area contributed by atoms with Gasteiger partial charge in [0.15, 0.2) is 0 Å². The second-order valence-corrected chi connectivity index (χ2v) is 5.15. The summed E-state index contributed by atoms with van der Waals surface area (Å²) in [5.41, 5.74) is 1.86. The molecular formula is C14H20BrNO. The van der Waals surface area contributed by atoms with Gasteiger partial charge in [0.1, 0.15) is 0 Å². The predicted molar refractivity (Wildman–Crippen MR) is 75.4 cm³/mol. The van der Waals surface area contributed by atoms with Crippen molar-refractivity contribution in [2.75, 3.05) is 6.54 Å². The van der Waals surface area contributed by atoms with Crippen molar-refractivity contribution in [1.29, 1.82) is 0 Å². The highest BCUT2D eigenvalue weighted by Gasteiger charge is 2.08. The number of rotatable bonds is 6. The first kappa shape index (κ1) is 14.2. The molecule has 0 atom stereocenters. The molecular weight excluding hydrogens is 278 g/mol. The Labute approximate surface area is 112 Å². The number of hydrogen-bond donors (Lipinski definition) is 1. The van der Waals surface area contributed by atoms with E-state index in [-0.39, 0.29) is 5.91 Å². The third kappa shape index (κ3) is 4.90. The molecule has 0 saturated carbocycles. The Morgan fingerprint density at radius 2 is 2.06 bits per heavy atom. The fourth-order valence-corrected chi connectivity index (χ4v) is 2.33. The van der Waals surface area contributed by atoms with Gasteiger partial charge in [0.05, 0.1) is 5.56 Å². The van der Waals surface area contributed by atoms with Crippen LogP contribution in [0.25, 0.3) is 0 Å². The third-order valence-electron chi connectivity index (χ3n) is 2.69. The molecule has 0 aliphatic rings. The van der Waals surface area contributed by atoms with Gasteiger partial charge in [-0.15, -0.1) is 0 Å². The molecule has 0 aromatic heterocycles. The van der Waals surface area contributed by atoms with E-state index in [1.54, 1.807) is 0 Å². The van der Waals surface area contributed by atoms with Crippen molar-refractivity contribution in [1.82, 2.24) is 5.32 Å². The molecule has 17 heavy (non-hydrogen) atoms. The molecule has 0 unspecified atom stereocenters. The Kier molecular flexibility index (Phi) is 6.27. The Morgan fingerprint density at radius 3 is 2.71 bits per heavy atom. The Bertz CT molecular complexity index is 376. The van der Waals surface area contributed by atoms with Gasteiger partial charge in [-0.05, 0) is 47.0 Å². The van der Waals surface area contributed by atoms with Gasteiger partial charge in [0, 0.05) is 11.0 Å². The zero-order valence-corrected chi connectivity index (χ0v) is 12.1. The van der Waals surface area contributed by atoms with Crippen LogP contribution in [0, 0.1) is 6.92 Å². The molecule has 0 heterocycles. The lowest BCUT2D eigenvalue weighted by Gasteiger charge is -2.07. The van der Waals surface area contributed by atoms with Gasteiger partial charge in [-0.3, -0.25) is 4.79 Å². The lowest BCUT2D eigenvalue weighted by Crippen LogP contribution is -2.24. The average Bonchev–Trinajstić information content (AvgIpc) is 2.28. The van der Waals surface area contributed by atoms with Crippen LogP contribution in [0.2, 0.25) is 0 Å². The van der Waals surface area contributed by atoms with E-state index < -0.39 is 0 Å². The van der Waals surface area contributed by atoms with Crippen molar-refractivity contribution in [3.05, 3.63) is 33.8 Å². The molecule has 0 saturated heterocycles. The van der Waals surface area contributed by atoms with Gasteiger partial charge in [-0.1, -0.05) is 32.3 Å². The zero-order valence-electron chi connectivity index (χ0n) is 10.6. The van der Waals surface area contributed by atoms with E-state index >= 15 is 0 Å². The molecule has 3 heteroatoms. The molecule has 0 fully saturated rings. The predicted octanol–water partition coefficient (Wildman–Crippen LogP) is 4.07. The fourth-order valence-electron chi connectivity index (χ4n) is 1.65. The maximum atomic E-state index is 11.9. The van der Waals surface area contributed by atoms with Gasteiger partial charge in [-0.25, -0.2) is 0 Å². The molecule has 1 aromatic carbocycles. The number of unbranched alkanes of at least 4 members (excludes halogenated alkanes) is 3. The van der Waals surface area contributed by atoms with E-state index in [0.29, 0.717) is 5.56 Å². The van der Waals surface area contributed by atoms with Crippen molar-refractivity contribution in [3.63, 3.8) is 0 Å². The summed E-state index contributed by atoms with van der Waals surface area (Å²) in [6.45, 7) is 4.96. The van der Waals surface area contributed by atoms with Crippen LogP contribution in [-0.4, -0.2) is 12.5 Å². The smallest absolute Gasteiger partial charge is 0.252 e. The van der Waals surface area contributed by atoms with Gasteiger partial charge in [-0.2, -0.15) is 0 Å². The molecule has 1 rings (SSSR count). The number of benzene rings is 1. The van der Waals surface area contributed by atoms with Crippen LogP contribution < -0.4 is 5.32 Å². The number of carbonyl (C=O) groups is 1. The second kappa shape index (κ2) is 7.49. The van der Waals surface area contributed by atoms with Crippen molar-refractivity contribution in [2.24, 2.45) is 0 Å². The van der Waals surface area contributed by atoms with Crippen LogP contribution in [0.4, 0.5) is 0 Å². The van der Waals surface area contributed by atoms with Crippen molar-refractivity contribution >= 4 is 21.8 Å². The molecule has 94 valence electrons. The van der Waals surface area contributed by atoms with Gasteiger partial charge < -0.3 is 5.32 Å². The van der Waals surface area contributed by atoms with Crippen LogP contribution in [0.3, 0.4) is 0 Å². The maximum Gasteiger partial charge on any atom is 0.252 e. The lowest BCUT2D eigenvalue weighted by molar-refractivity contribution is 0.0952. The first-order valence-corrected chi connectivity index (χ1v) is 6.98. The number of hydrogen-bond acceptors (Lipinski definition) is 1. The summed E-state index contributed by atoms with van der Waals surface area (Å²) in [6.07, 6.45) is 4.70. The average molecular weight is 298 g/mol. The second-order valence-electron chi connectivity index (χ2n) is 4.30. The minimum atomic E-state index is 0.00775. The largest absolute Gasteiger partial charge is 0.352 e. The molecule has 2 nitrogen and oxygen atoms in total. The standard InChI is InChI=1S/C14H20BrNO/c1-3-4-5-6-9-16-14(17)12-8-7-11(2)10-13(12)15/h7-8,10H,3-6,9H2,1-2H3,(H,16,17). The zero-order chi connectivity index (χ0) is 12.7. The molecule has 0 aliphatic heterocycles. The van der Waals surface area contributed by atoms with E-state index in [0.717, 1.165) is 23.0 Å². The van der Waals surface area contributed by atoms with Gasteiger partial charge in [0.2, 0.25) is 0 Å². The number of nitrogens with one attached hydrogen (secondary N) is 1. The summed E-state index contributed by atoms with van der Waals surface area (Å²) in [5.74, 6) is 0.00775. The number of aryl methyl sites for hydroxylation is 1. The Morgan fingerprint density at radius 1 is 1.29 bits per heavy atom. The maximum absolute atomic E-state index is 11.9. The monoisotopic (exact) mass is 297 g/mol. The third-order valence-corrected chi connectivity index (χ3v) is 3.34. The first-order chi connectivity index (χ1) is 8.15. The van der Waals surface area contributed by atoms with Gasteiger partial charge in [0.25, 0.3) is 5.91 Å². The molecule has 1 N–H and O–H groups in total. The molecule has 0 bridgehead atoms. The quantitative estimate of drug-likeness (QED) is 0.788. The summed E-state index contributed by atoms with van der Waals surface area (Å²) >= 11 is 3.42. The first-order valence-electron chi connectivity index (χ1n) is 6.19. The van der Waals surface area contributed by atoms with Crippen molar-refractivity contribution in [3.8, 4) is 0 Å². The highest BCUT2D eigenvalue weighted by molar-refractivity contribution is 9.10. The van der Waals surface area contributed by atoms with E-state index in [1.165, 1.54) is 19.3 Å². The van der Waals surface area contributed by atoms with Crippen molar-refractivity contribution < 1.29 is 4.79 Å². The minimum absolute atomic E-state index is 0.00775. The molecule has 1 amide bonds. The molecule has 0 aliphatic carbocycles. The van der Waals surface area contributed by atoms with Gasteiger partial charge >= 0.3 is 0 Å². The van der Waals surface area contributed by atoms with Crippen LogP contribution in [0.15, 0.2) is 22.7 Å². The summed E-state index contributed by atoms with van der Waals surface area (Å²) in [5, 5.41) is 2.95. The normalized spacial score (nSPS) is 10.3. The fraction of sp³-hybridized carbons (Fsp3) is 0.500. The summed E-state index contributed by atoms with van der Waals surface area (Å²) in [6, 6.07) is 5.78. The minimum Gasteiger partial charge on any atom is -0.352 e. The molecule has 0 spiro atoms. The molecule has 1 aromatic rings. The Balaban J connectivity index is 2.42. The van der Waals surface area contributed by atoms with Crippen molar-refractivity contribution in [2.45, 2.75) is 39.5 Å². The van der Waals surface area contributed by atoms with Crippen LogP contribution >= 0.6 is 15.9 Å². The van der Waals surface area contributed by atoms with E-state index in [2.05, 4.69) is 28.2 Å². The van der Waals surface area contributed by atoms with E-state index in [4.69, 9.17) is 0 Å². The highest BCUT2D eigenvalue weighted by atomic mass is 79.9.